The molecular weight excluding hydrogens is 410 g/mol. The Morgan fingerprint density at radius 2 is 1.87 bits per heavy atom. The molecule has 5 aliphatic rings. The summed E-state index contributed by atoms with van der Waals surface area (Å²) in [6.07, 6.45) is -2.53. The van der Waals surface area contributed by atoms with Crippen LogP contribution in [0, 0.1) is 22.7 Å². The number of fused-ring (bicyclic) bond motifs is 7. The van der Waals surface area contributed by atoms with Crippen LogP contribution in [-0.2, 0) is 19.1 Å². The van der Waals surface area contributed by atoms with Gasteiger partial charge in [0.05, 0.1) is 6.10 Å². The molecule has 31 heavy (non-hydrogen) atoms. The van der Waals surface area contributed by atoms with Crippen LogP contribution in [0.3, 0.4) is 0 Å². The number of carboxylic acids is 1. The molecule has 0 aromatic rings. The summed E-state index contributed by atoms with van der Waals surface area (Å²) < 4.78 is 44.5. The minimum atomic E-state index is -2.17. The van der Waals surface area contributed by atoms with Gasteiger partial charge in [-0.1, -0.05) is 13.8 Å². The molecule has 4 aliphatic carbocycles. The van der Waals surface area contributed by atoms with Crippen LogP contribution >= 0.6 is 0 Å². The number of alkyl halides is 2. The Balaban J connectivity index is 1.65. The van der Waals surface area contributed by atoms with E-state index in [2.05, 4.69) is 0 Å². The van der Waals surface area contributed by atoms with Crippen LogP contribution in [0.4, 0.5) is 8.78 Å². The van der Waals surface area contributed by atoms with E-state index >= 15 is 8.78 Å². The summed E-state index contributed by atoms with van der Waals surface area (Å²) in [4.78, 5) is 24.6. The topological polar surface area (TPSA) is 93.1 Å². The number of carbonyl (C=O) groups excluding carboxylic acids is 1. The second kappa shape index (κ2) is 5.94. The smallest absolute Gasteiger partial charge is 0.339 e. The number of ether oxygens (including phenoxy) is 2. The zero-order valence-electron chi connectivity index (χ0n) is 18.3. The third-order valence-electron chi connectivity index (χ3n) is 9.34. The van der Waals surface area contributed by atoms with Crippen molar-refractivity contribution in [3.8, 4) is 0 Å². The van der Waals surface area contributed by atoms with E-state index in [1.165, 1.54) is 6.08 Å². The molecule has 0 unspecified atom stereocenters. The number of halogens is 2. The predicted octanol–water partition coefficient (Wildman–Crippen LogP) is 3.11. The molecule has 0 amide bonds. The lowest BCUT2D eigenvalue weighted by Gasteiger charge is -2.63. The maximum Gasteiger partial charge on any atom is 0.339 e. The molecule has 172 valence electrons. The first-order valence-corrected chi connectivity index (χ1v) is 11.1. The van der Waals surface area contributed by atoms with Crippen molar-refractivity contribution in [1.29, 1.82) is 0 Å². The highest BCUT2D eigenvalue weighted by molar-refractivity contribution is 5.92. The number of allylic oxidation sites excluding steroid dienone is 1. The maximum absolute atomic E-state index is 17.1. The highest BCUT2D eigenvalue weighted by Gasteiger charge is 2.81. The molecule has 0 bridgehead atoms. The minimum Gasteiger partial charge on any atom is -0.479 e. The molecule has 4 fully saturated rings. The number of aliphatic hydroxyl groups excluding tert-OH is 1. The number of aliphatic hydroxyl groups is 1. The largest absolute Gasteiger partial charge is 0.479 e. The Kier molecular flexibility index (Phi) is 4.11. The van der Waals surface area contributed by atoms with Crippen molar-refractivity contribution in [2.24, 2.45) is 22.7 Å². The summed E-state index contributed by atoms with van der Waals surface area (Å²) in [7, 11) is 0. The lowest BCUT2D eigenvalue weighted by Crippen LogP contribution is -2.71. The van der Waals surface area contributed by atoms with Gasteiger partial charge in [-0.2, -0.15) is 0 Å². The standard InChI is InChI=1S/C23H30F2O6/c1-19(2)30-17-9-12-13-8-15(24)14-7-11(26)5-6-20(14,3)22(13,25)16(27)10-21(12,4)23(17,31-19)18(28)29/h7,12-13,15-17,27H,5-6,8-10H2,1-4H3,(H,28,29)/t12-,13-,15-,16-,17+,20-,21-,22-,23-/m0/s1. The van der Waals surface area contributed by atoms with Crippen molar-refractivity contribution in [3.05, 3.63) is 11.6 Å². The van der Waals surface area contributed by atoms with E-state index in [-0.39, 0.29) is 43.5 Å². The van der Waals surface area contributed by atoms with Gasteiger partial charge in [0.15, 0.2) is 17.2 Å². The Bertz CT molecular complexity index is 902. The first-order valence-electron chi connectivity index (χ1n) is 11.1. The van der Waals surface area contributed by atoms with Crippen LogP contribution in [0.25, 0.3) is 0 Å². The summed E-state index contributed by atoms with van der Waals surface area (Å²) in [5, 5.41) is 21.6. The van der Waals surface area contributed by atoms with Crippen molar-refractivity contribution in [2.75, 3.05) is 0 Å². The zero-order chi connectivity index (χ0) is 22.8. The molecule has 0 radical (unpaired) electrons. The fourth-order valence-electron chi connectivity index (χ4n) is 8.03. The van der Waals surface area contributed by atoms with Gasteiger partial charge >= 0.3 is 5.97 Å². The third kappa shape index (κ3) is 2.27. The summed E-state index contributed by atoms with van der Waals surface area (Å²) in [6, 6.07) is 0. The van der Waals surface area contributed by atoms with E-state index in [1.54, 1.807) is 27.7 Å². The summed E-state index contributed by atoms with van der Waals surface area (Å²) >= 11 is 0. The maximum atomic E-state index is 17.1. The number of aliphatic carboxylic acids is 1. The van der Waals surface area contributed by atoms with Gasteiger partial charge in [-0.05, 0) is 57.1 Å². The molecule has 1 heterocycles. The van der Waals surface area contributed by atoms with Gasteiger partial charge in [-0.3, -0.25) is 4.79 Å². The van der Waals surface area contributed by atoms with E-state index in [4.69, 9.17) is 9.47 Å². The van der Waals surface area contributed by atoms with Gasteiger partial charge in [-0.25, -0.2) is 13.6 Å². The number of hydrogen-bond donors (Lipinski definition) is 2. The van der Waals surface area contributed by atoms with E-state index in [1.807, 2.05) is 0 Å². The van der Waals surface area contributed by atoms with E-state index in [0.717, 1.165) is 0 Å². The summed E-state index contributed by atoms with van der Waals surface area (Å²) in [5.41, 5.74) is -6.24. The second-order valence-electron chi connectivity index (χ2n) is 11.1. The fraction of sp³-hybridized carbons (Fsp3) is 0.826. The Morgan fingerprint density at radius 1 is 1.19 bits per heavy atom. The highest BCUT2D eigenvalue weighted by atomic mass is 19.1. The predicted molar refractivity (Wildman–Crippen MR) is 105 cm³/mol. The average Bonchev–Trinajstić information content (AvgIpc) is 3.06. The molecule has 0 spiro atoms. The molecule has 6 nitrogen and oxygen atoms in total. The van der Waals surface area contributed by atoms with E-state index in [0.29, 0.717) is 0 Å². The molecule has 5 rings (SSSR count). The van der Waals surface area contributed by atoms with Gasteiger partial charge in [0.2, 0.25) is 0 Å². The normalized spacial score (nSPS) is 55.0. The molecule has 3 saturated carbocycles. The lowest BCUT2D eigenvalue weighted by molar-refractivity contribution is -0.258. The van der Waals surface area contributed by atoms with Crippen LogP contribution in [0.1, 0.15) is 59.8 Å². The van der Waals surface area contributed by atoms with Crippen molar-refractivity contribution < 1.29 is 38.1 Å². The SMILES string of the molecule is CC1(C)O[C@@H]2C[C@H]3[C@@H]4C[C@H](F)C5=CC(=O)CC[C@]5(C)[C@@]4(F)[C@@H](O)C[C@]3(C)[C@]2(C(=O)O)O1. The number of carbonyl (C=O) groups is 2. The van der Waals surface area contributed by atoms with Gasteiger partial charge in [-0.15, -0.1) is 0 Å². The molecule has 0 aromatic heterocycles. The quantitative estimate of drug-likeness (QED) is 0.651. The van der Waals surface area contributed by atoms with Crippen molar-refractivity contribution in [1.82, 2.24) is 0 Å². The summed E-state index contributed by atoms with van der Waals surface area (Å²) in [5.74, 6) is -4.02. The van der Waals surface area contributed by atoms with Crippen LogP contribution in [0.5, 0.6) is 0 Å². The van der Waals surface area contributed by atoms with Gasteiger partial charge < -0.3 is 19.7 Å². The number of carboxylic acid groups (broad SMARTS) is 1. The molecule has 9 atom stereocenters. The molecular formula is C23H30F2O6. The molecule has 0 aromatic carbocycles. The molecule has 8 heteroatoms. The minimum absolute atomic E-state index is 0.0991. The third-order valence-corrected chi connectivity index (χ3v) is 9.34. The van der Waals surface area contributed by atoms with Crippen LogP contribution in [-0.4, -0.2) is 57.4 Å². The average molecular weight is 440 g/mol. The van der Waals surface area contributed by atoms with Crippen LogP contribution in [0.15, 0.2) is 11.6 Å². The molecule has 2 N–H and O–H groups in total. The van der Waals surface area contributed by atoms with Crippen LogP contribution in [0.2, 0.25) is 0 Å². The Labute approximate surface area is 180 Å². The first kappa shape index (κ1) is 21.5. The van der Waals surface area contributed by atoms with E-state index in [9.17, 15) is 19.8 Å². The Morgan fingerprint density at radius 3 is 2.52 bits per heavy atom. The second-order valence-corrected chi connectivity index (χ2v) is 11.1. The van der Waals surface area contributed by atoms with Crippen molar-refractivity contribution in [2.45, 2.75) is 95.2 Å². The zero-order valence-corrected chi connectivity index (χ0v) is 18.3. The van der Waals surface area contributed by atoms with Crippen LogP contribution < -0.4 is 0 Å². The monoisotopic (exact) mass is 440 g/mol. The van der Waals surface area contributed by atoms with Gasteiger partial charge in [0, 0.05) is 23.2 Å². The number of ketones is 1. The molecule has 1 saturated heterocycles. The number of rotatable bonds is 1. The number of hydrogen-bond acceptors (Lipinski definition) is 5. The van der Waals surface area contributed by atoms with Crippen molar-refractivity contribution in [3.63, 3.8) is 0 Å². The first-order chi connectivity index (χ1) is 14.2. The van der Waals surface area contributed by atoms with Crippen molar-refractivity contribution >= 4 is 11.8 Å². The van der Waals surface area contributed by atoms with Gasteiger partial charge in [0.25, 0.3) is 0 Å². The summed E-state index contributed by atoms with van der Waals surface area (Å²) in [6.45, 7) is 6.60. The van der Waals surface area contributed by atoms with E-state index < -0.39 is 64.1 Å². The fourth-order valence-corrected chi connectivity index (χ4v) is 8.03. The highest BCUT2D eigenvalue weighted by Crippen LogP contribution is 2.72. The van der Waals surface area contributed by atoms with Gasteiger partial charge in [0.1, 0.15) is 17.9 Å². The molecule has 1 aliphatic heterocycles. The Hall–Kier alpha value is -1.38. The lowest BCUT2D eigenvalue weighted by atomic mass is 9.43.